The maximum absolute atomic E-state index is 12.8. The van der Waals surface area contributed by atoms with Crippen molar-refractivity contribution in [3.8, 4) is 23.7 Å². The van der Waals surface area contributed by atoms with E-state index in [0.717, 1.165) is 11.3 Å². The molecule has 0 unspecified atom stereocenters. The summed E-state index contributed by atoms with van der Waals surface area (Å²) >= 11 is 0. The second-order valence-electron chi connectivity index (χ2n) is 4.81. The fourth-order valence-electron chi connectivity index (χ4n) is 2.33. The van der Waals surface area contributed by atoms with Crippen LogP contribution in [0.15, 0.2) is 35.1 Å². The molecule has 0 N–H and O–H groups in total. The molecule has 114 valence electrons. The van der Waals surface area contributed by atoms with Crippen LogP contribution in [0.2, 0.25) is 0 Å². The number of hydrogen-bond acceptors (Lipinski definition) is 3. The van der Waals surface area contributed by atoms with Crippen molar-refractivity contribution in [3.63, 3.8) is 0 Å². The van der Waals surface area contributed by atoms with Crippen molar-refractivity contribution < 1.29 is 4.74 Å². The van der Waals surface area contributed by atoms with Crippen LogP contribution in [-0.4, -0.2) is 16.2 Å². The summed E-state index contributed by atoms with van der Waals surface area (Å²) in [6, 6.07) is 9.62. The van der Waals surface area contributed by atoms with Gasteiger partial charge in [0.2, 0.25) is 0 Å². The number of aromatic nitrogens is 2. The molecule has 0 spiro atoms. The van der Waals surface area contributed by atoms with E-state index in [9.17, 15) is 4.79 Å². The molecule has 0 radical (unpaired) electrons. The van der Waals surface area contributed by atoms with Crippen molar-refractivity contribution in [1.82, 2.24) is 9.55 Å². The normalized spacial score (nSPS) is 10.4. The van der Waals surface area contributed by atoms with Crippen molar-refractivity contribution in [3.05, 3.63) is 51.9 Å². The van der Waals surface area contributed by atoms with Gasteiger partial charge in [0.25, 0.3) is 5.56 Å². The summed E-state index contributed by atoms with van der Waals surface area (Å²) < 4.78 is 6.96. The molecule has 0 bridgehead atoms. The molecule has 0 aliphatic heterocycles. The Morgan fingerprint density at radius 2 is 2.00 bits per heavy atom. The van der Waals surface area contributed by atoms with Crippen LogP contribution in [0, 0.1) is 12.3 Å². The number of ether oxygens (including phenoxy) is 1. The van der Waals surface area contributed by atoms with E-state index in [0.29, 0.717) is 24.4 Å². The number of terminal acetylenes is 1. The van der Waals surface area contributed by atoms with Gasteiger partial charge in [-0.05, 0) is 13.3 Å². The van der Waals surface area contributed by atoms with E-state index in [1.54, 1.807) is 4.57 Å². The van der Waals surface area contributed by atoms with Crippen molar-refractivity contribution in [1.29, 1.82) is 0 Å². The van der Waals surface area contributed by atoms with Crippen LogP contribution in [0.3, 0.4) is 0 Å². The first kappa shape index (κ1) is 16.0. The quantitative estimate of drug-likeness (QED) is 0.770. The van der Waals surface area contributed by atoms with Gasteiger partial charge in [0.1, 0.15) is 5.82 Å². The molecule has 0 saturated carbocycles. The van der Waals surface area contributed by atoms with Gasteiger partial charge in [-0.25, -0.2) is 4.98 Å². The predicted octanol–water partition coefficient (Wildman–Crippen LogP) is 2.64. The summed E-state index contributed by atoms with van der Waals surface area (Å²) in [6.07, 6.45) is 6.10. The van der Waals surface area contributed by atoms with E-state index < -0.39 is 0 Å². The van der Waals surface area contributed by atoms with Crippen molar-refractivity contribution in [2.24, 2.45) is 0 Å². The lowest BCUT2D eigenvalue weighted by Crippen LogP contribution is -2.29. The second kappa shape index (κ2) is 7.58. The molecule has 1 aromatic heterocycles. The van der Waals surface area contributed by atoms with Crippen molar-refractivity contribution >= 4 is 0 Å². The Hall–Kier alpha value is -2.38. The van der Waals surface area contributed by atoms with Gasteiger partial charge in [0.15, 0.2) is 0 Å². The molecule has 0 saturated heterocycles. The first-order chi connectivity index (χ1) is 10.7. The molecule has 0 aliphatic rings. The summed E-state index contributed by atoms with van der Waals surface area (Å²) in [4.78, 5) is 17.5. The Morgan fingerprint density at radius 3 is 2.59 bits per heavy atom. The zero-order valence-electron chi connectivity index (χ0n) is 13.0. The number of aryl methyl sites for hydroxylation is 1. The topological polar surface area (TPSA) is 44.1 Å². The first-order valence-electron chi connectivity index (χ1n) is 7.42. The zero-order valence-corrected chi connectivity index (χ0v) is 13.0. The Labute approximate surface area is 130 Å². The van der Waals surface area contributed by atoms with E-state index in [-0.39, 0.29) is 18.7 Å². The van der Waals surface area contributed by atoms with Crippen LogP contribution in [0.25, 0.3) is 11.4 Å². The fraction of sp³-hybridized carbons (Fsp3) is 0.333. The van der Waals surface area contributed by atoms with Gasteiger partial charge in [-0.2, -0.15) is 0 Å². The van der Waals surface area contributed by atoms with Gasteiger partial charge in [0, 0.05) is 12.2 Å². The van der Waals surface area contributed by atoms with Crippen LogP contribution in [0.4, 0.5) is 0 Å². The van der Waals surface area contributed by atoms with E-state index in [4.69, 9.17) is 11.2 Å². The van der Waals surface area contributed by atoms with E-state index in [1.165, 1.54) is 0 Å². The second-order valence-corrected chi connectivity index (χ2v) is 4.81. The molecular formula is C18H20N2O2. The molecule has 1 aromatic carbocycles. The molecule has 4 nitrogen and oxygen atoms in total. The summed E-state index contributed by atoms with van der Waals surface area (Å²) in [5.74, 6) is 3.15. The Kier molecular flexibility index (Phi) is 5.51. The van der Waals surface area contributed by atoms with Crippen LogP contribution >= 0.6 is 0 Å². The highest BCUT2D eigenvalue weighted by atomic mass is 16.5. The number of benzene rings is 1. The SMILES string of the molecule is C#CCn1c(-c2ccccc2)nc(CC)c(COCC)c1=O. The largest absolute Gasteiger partial charge is 0.377 e. The molecule has 2 rings (SSSR count). The average molecular weight is 296 g/mol. The fourth-order valence-corrected chi connectivity index (χ4v) is 2.33. The summed E-state index contributed by atoms with van der Waals surface area (Å²) in [5.41, 5.74) is 2.13. The van der Waals surface area contributed by atoms with Gasteiger partial charge in [-0.1, -0.05) is 43.2 Å². The van der Waals surface area contributed by atoms with Crippen LogP contribution in [0.5, 0.6) is 0 Å². The van der Waals surface area contributed by atoms with Gasteiger partial charge >= 0.3 is 0 Å². The smallest absolute Gasteiger partial charge is 0.260 e. The van der Waals surface area contributed by atoms with Crippen molar-refractivity contribution in [2.45, 2.75) is 33.4 Å². The van der Waals surface area contributed by atoms with E-state index in [1.807, 2.05) is 44.2 Å². The minimum absolute atomic E-state index is 0.114. The van der Waals surface area contributed by atoms with E-state index in [2.05, 4.69) is 10.9 Å². The molecule has 4 heteroatoms. The minimum atomic E-state index is -0.114. The third-order valence-corrected chi connectivity index (χ3v) is 3.41. The number of hydrogen-bond donors (Lipinski definition) is 0. The van der Waals surface area contributed by atoms with Crippen LogP contribution < -0.4 is 5.56 Å². The lowest BCUT2D eigenvalue weighted by molar-refractivity contribution is 0.132. The third kappa shape index (κ3) is 3.26. The number of rotatable bonds is 6. The average Bonchev–Trinajstić information content (AvgIpc) is 2.56. The lowest BCUT2D eigenvalue weighted by Gasteiger charge is -2.15. The summed E-state index contributed by atoms with van der Waals surface area (Å²) in [7, 11) is 0. The first-order valence-corrected chi connectivity index (χ1v) is 7.42. The number of nitrogens with zero attached hydrogens (tertiary/aromatic N) is 2. The highest BCUT2D eigenvalue weighted by Gasteiger charge is 2.16. The Balaban J connectivity index is 2.66. The van der Waals surface area contributed by atoms with Gasteiger partial charge in [-0.15, -0.1) is 6.42 Å². The van der Waals surface area contributed by atoms with Gasteiger partial charge in [0.05, 0.1) is 24.4 Å². The summed E-state index contributed by atoms with van der Waals surface area (Å²) in [6.45, 7) is 4.90. The monoisotopic (exact) mass is 296 g/mol. The molecule has 22 heavy (non-hydrogen) atoms. The standard InChI is InChI=1S/C18H20N2O2/c1-4-12-20-17(14-10-8-7-9-11-14)19-16(5-2)15(18(20)21)13-22-6-3/h1,7-11H,5-6,12-13H2,2-3H3. The zero-order chi connectivity index (χ0) is 15.9. The Morgan fingerprint density at radius 1 is 1.27 bits per heavy atom. The minimum Gasteiger partial charge on any atom is -0.377 e. The molecule has 0 amide bonds. The van der Waals surface area contributed by atoms with E-state index >= 15 is 0 Å². The van der Waals surface area contributed by atoms with Gasteiger partial charge < -0.3 is 4.74 Å². The predicted molar refractivity (Wildman–Crippen MR) is 87.5 cm³/mol. The lowest BCUT2D eigenvalue weighted by atomic mass is 10.1. The Bertz CT molecular complexity index is 727. The third-order valence-electron chi connectivity index (χ3n) is 3.41. The van der Waals surface area contributed by atoms with Crippen LogP contribution in [-0.2, 0) is 24.3 Å². The molecular weight excluding hydrogens is 276 g/mol. The molecule has 0 fully saturated rings. The molecule has 2 aromatic rings. The molecule has 0 atom stereocenters. The maximum atomic E-state index is 12.8. The summed E-state index contributed by atoms with van der Waals surface area (Å²) in [5, 5.41) is 0. The highest BCUT2D eigenvalue weighted by Crippen LogP contribution is 2.17. The van der Waals surface area contributed by atoms with Crippen LogP contribution in [0.1, 0.15) is 25.1 Å². The highest BCUT2D eigenvalue weighted by molar-refractivity contribution is 5.56. The van der Waals surface area contributed by atoms with Crippen molar-refractivity contribution in [2.75, 3.05) is 6.61 Å². The van der Waals surface area contributed by atoms with Gasteiger partial charge in [-0.3, -0.25) is 9.36 Å². The maximum Gasteiger partial charge on any atom is 0.260 e. The molecule has 0 aliphatic carbocycles. The molecule has 1 heterocycles.